The Hall–Kier alpha value is -5.68. The van der Waals surface area contributed by atoms with Crippen LogP contribution in [-0.2, 0) is 33.6 Å². The first kappa shape index (κ1) is 48.4. The lowest BCUT2D eigenvalue weighted by molar-refractivity contribution is -0.137. The van der Waals surface area contributed by atoms with E-state index in [0.29, 0.717) is 51.8 Å². The molecule has 1 fully saturated rings. The predicted molar refractivity (Wildman–Crippen MR) is 237 cm³/mol. The van der Waals surface area contributed by atoms with E-state index < -0.39 is 98.3 Å². The second-order valence-electron chi connectivity index (χ2n) is 19.9. The van der Waals surface area contributed by atoms with Gasteiger partial charge in [-0.25, -0.2) is 0 Å². The lowest BCUT2D eigenvalue weighted by atomic mass is 9.55. The fraction of sp³-hybridized carbons (Fsp3) is 0.644. The molecule has 5 aliphatic heterocycles. The van der Waals surface area contributed by atoms with Crippen LogP contribution in [0.2, 0.25) is 0 Å². The van der Waals surface area contributed by atoms with E-state index in [-0.39, 0.29) is 64.2 Å². The standard InChI is InChI=1S/C45H66N10O8/c1-21-36-24(10-13-30(47)57)41(3,4)28(53-36)18-27-23(9-12-29(46)56)43(6,19-33(50)60)39(52-27)22(2)37-25(11-14-31(48)58)44(7,20-34(51)61)45(8,55-37)40-26(17-32(49)59)42(5,38(21)54-40)16-15-35(62)63/h18,23-26,40,52H,9-17,19-20H2,1-8H3,(H2,46,56)(H2,47,57)(H2,48,58)(H2,49,59)(H2,50,60)(H2,51,61)(H,62,63)/b27-18?,36-21?,39-22-/t23-,24+,25-,26+,40?,42-,43+,44+,45+/m1/s1. The van der Waals surface area contributed by atoms with Gasteiger partial charge in [-0.1, -0.05) is 34.6 Å². The summed E-state index contributed by atoms with van der Waals surface area (Å²) in [6.45, 7) is 15.1. The van der Waals surface area contributed by atoms with Crippen molar-refractivity contribution in [1.29, 1.82) is 0 Å². The van der Waals surface area contributed by atoms with Crippen molar-refractivity contribution in [3.63, 3.8) is 0 Å². The highest BCUT2D eigenvalue weighted by molar-refractivity contribution is 6.10. The van der Waals surface area contributed by atoms with E-state index >= 15 is 0 Å². The number of nitrogens with two attached hydrogens (primary N) is 6. The molecule has 0 aliphatic carbocycles. The first-order valence-electron chi connectivity index (χ1n) is 21.6. The monoisotopic (exact) mass is 875 g/mol. The SMILES string of the molecule is CC1=C2N=C(C=C3N/C(=C(/C)C4=N[C@@](C)(C5N=C1[C@](C)(CCC(=O)O)[C@H]5CC(N)=O)[C@@](C)(CC(N)=O)[C@@H]4CCC(N)=O)[C@@](C)(CC(N)=O)[C@@H]3CCC(N)=O)C(C)(C)[C@H]2CCC(N)=O. The molecule has 9 atom stereocenters. The first-order chi connectivity index (χ1) is 29.0. The Bertz CT molecular complexity index is 2220. The smallest absolute Gasteiger partial charge is 0.303 e. The summed E-state index contributed by atoms with van der Waals surface area (Å²) in [5, 5.41) is 13.8. The Labute approximate surface area is 368 Å². The third-order valence-corrected chi connectivity index (χ3v) is 15.5. The number of primary amides is 6. The van der Waals surface area contributed by atoms with E-state index in [4.69, 9.17) is 49.4 Å². The van der Waals surface area contributed by atoms with Gasteiger partial charge < -0.3 is 44.8 Å². The van der Waals surface area contributed by atoms with Crippen LogP contribution in [0.1, 0.15) is 126 Å². The third kappa shape index (κ3) is 8.56. The van der Waals surface area contributed by atoms with Crippen molar-refractivity contribution in [2.45, 2.75) is 138 Å². The average Bonchev–Trinajstić information content (AvgIpc) is 3.75. The van der Waals surface area contributed by atoms with Crippen LogP contribution in [-0.4, -0.2) is 75.2 Å². The molecular weight excluding hydrogens is 809 g/mol. The molecule has 18 heteroatoms. The second kappa shape index (κ2) is 17.1. The molecule has 5 rings (SSSR count). The van der Waals surface area contributed by atoms with Crippen LogP contribution in [0.4, 0.5) is 0 Å². The van der Waals surface area contributed by atoms with Crippen molar-refractivity contribution in [3.8, 4) is 0 Å². The predicted octanol–water partition coefficient (Wildman–Crippen LogP) is 2.32. The maximum atomic E-state index is 13.4. The van der Waals surface area contributed by atoms with Gasteiger partial charge in [0.25, 0.3) is 0 Å². The highest BCUT2D eigenvalue weighted by atomic mass is 16.4. The normalized spacial score (nSPS) is 34.2. The third-order valence-electron chi connectivity index (χ3n) is 15.5. The molecule has 14 N–H and O–H groups in total. The highest BCUT2D eigenvalue weighted by Crippen LogP contribution is 2.62. The van der Waals surface area contributed by atoms with Gasteiger partial charge in [-0.05, 0) is 63.7 Å². The summed E-state index contributed by atoms with van der Waals surface area (Å²) in [6, 6.07) is -0.928. The minimum Gasteiger partial charge on any atom is -0.481 e. The first-order valence-corrected chi connectivity index (χ1v) is 21.6. The van der Waals surface area contributed by atoms with E-state index in [1.165, 1.54) is 0 Å². The Morgan fingerprint density at radius 1 is 0.683 bits per heavy atom. The topological polar surface area (TPSA) is 345 Å². The number of nitrogens with one attached hydrogen (secondary N) is 1. The Kier molecular flexibility index (Phi) is 13.1. The number of carboxylic acid groups (broad SMARTS) is 1. The van der Waals surface area contributed by atoms with E-state index in [9.17, 15) is 38.7 Å². The number of carbonyl (C=O) groups excluding carboxylic acids is 6. The zero-order chi connectivity index (χ0) is 47.4. The summed E-state index contributed by atoms with van der Waals surface area (Å²) < 4.78 is 0. The van der Waals surface area contributed by atoms with Crippen molar-refractivity contribution in [2.75, 3.05) is 0 Å². The number of aliphatic carboxylic acids is 1. The molecule has 1 saturated heterocycles. The summed E-state index contributed by atoms with van der Waals surface area (Å²) >= 11 is 0. The average molecular weight is 875 g/mol. The molecule has 0 aromatic heterocycles. The van der Waals surface area contributed by atoms with Crippen LogP contribution in [0.15, 0.2) is 49.3 Å². The molecule has 344 valence electrons. The largest absolute Gasteiger partial charge is 0.481 e. The molecular formula is C45H66N10O8. The number of aliphatic imine (C=N–C) groups is 3. The number of rotatable bonds is 18. The van der Waals surface area contributed by atoms with Crippen molar-refractivity contribution in [3.05, 3.63) is 34.3 Å². The summed E-state index contributed by atoms with van der Waals surface area (Å²) in [4.78, 5) is 106. The van der Waals surface area contributed by atoms with Crippen molar-refractivity contribution >= 4 is 58.5 Å². The van der Waals surface area contributed by atoms with Crippen LogP contribution in [0.5, 0.6) is 0 Å². The van der Waals surface area contributed by atoms with Crippen LogP contribution < -0.4 is 39.7 Å². The minimum absolute atomic E-state index is 0.0237. The molecule has 5 aliphatic rings. The van der Waals surface area contributed by atoms with Gasteiger partial charge in [0.2, 0.25) is 35.4 Å². The van der Waals surface area contributed by atoms with Crippen molar-refractivity contribution in [2.24, 2.45) is 94.7 Å². The number of amides is 6. The van der Waals surface area contributed by atoms with E-state index in [1.807, 2.05) is 61.5 Å². The lowest BCUT2D eigenvalue weighted by Crippen LogP contribution is -2.56. The van der Waals surface area contributed by atoms with Gasteiger partial charge in [-0.3, -0.25) is 48.5 Å². The summed E-state index contributed by atoms with van der Waals surface area (Å²) in [5.74, 6) is -7.06. The summed E-state index contributed by atoms with van der Waals surface area (Å²) in [6.07, 6.45) is 1.58. The van der Waals surface area contributed by atoms with Gasteiger partial charge >= 0.3 is 5.97 Å². The molecule has 0 radical (unpaired) electrons. The van der Waals surface area contributed by atoms with Gasteiger partial charge in [0.1, 0.15) is 0 Å². The number of carbonyl (C=O) groups is 7. The summed E-state index contributed by atoms with van der Waals surface area (Å²) in [7, 11) is 0. The van der Waals surface area contributed by atoms with E-state index in [2.05, 4.69) is 5.32 Å². The molecule has 8 bridgehead atoms. The Morgan fingerprint density at radius 2 is 1.22 bits per heavy atom. The molecule has 0 spiro atoms. The van der Waals surface area contributed by atoms with Gasteiger partial charge in [0.15, 0.2) is 0 Å². The number of hydrogen-bond donors (Lipinski definition) is 8. The number of hydrogen-bond acceptors (Lipinski definition) is 11. The van der Waals surface area contributed by atoms with E-state index in [0.717, 1.165) is 0 Å². The molecule has 0 aromatic rings. The van der Waals surface area contributed by atoms with Crippen molar-refractivity contribution in [1.82, 2.24) is 5.32 Å². The Morgan fingerprint density at radius 3 is 1.73 bits per heavy atom. The molecule has 1 unspecified atom stereocenters. The molecule has 0 saturated carbocycles. The zero-order valence-corrected chi connectivity index (χ0v) is 37.9. The van der Waals surface area contributed by atoms with Gasteiger partial charge in [0.05, 0.1) is 11.6 Å². The molecule has 0 aromatic carbocycles. The summed E-state index contributed by atoms with van der Waals surface area (Å²) in [5.41, 5.74) is 34.4. The molecule has 18 nitrogen and oxygen atoms in total. The maximum Gasteiger partial charge on any atom is 0.303 e. The van der Waals surface area contributed by atoms with Gasteiger partial charge in [-0.2, -0.15) is 0 Å². The fourth-order valence-electron chi connectivity index (χ4n) is 11.9. The second-order valence-corrected chi connectivity index (χ2v) is 19.9. The number of nitrogens with zero attached hydrogens (tertiary/aromatic N) is 3. The molecule has 63 heavy (non-hydrogen) atoms. The Balaban J connectivity index is 2.03. The highest BCUT2D eigenvalue weighted by Gasteiger charge is 2.66. The van der Waals surface area contributed by atoms with Gasteiger partial charge in [-0.15, -0.1) is 0 Å². The van der Waals surface area contributed by atoms with E-state index in [1.54, 1.807) is 0 Å². The van der Waals surface area contributed by atoms with Crippen LogP contribution >= 0.6 is 0 Å². The minimum atomic E-state index is -1.39. The van der Waals surface area contributed by atoms with Crippen LogP contribution in [0.25, 0.3) is 0 Å². The van der Waals surface area contributed by atoms with Crippen LogP contribution in [0.3, 0.4) is 0 Å². The fourth-order valence-corrected chi connectivity index (χ4v) is 11.9. The maximum absolute atomic E-state index is 13.4. The lowest BCUT2D eigenvalue weighted by Gasteiger charge is -2.48. The molecule has 5 heterocycles. The molecule has 6 amide bonds. The van der Waals surface area contributed by atoms with Crippen LogP contribution in [0, 0.1) is 45.3 Å². The van der Waals surface area contributed by atoms with Crippen molar-refractivity contribution < 1.29 is 38.7 Å². The number of fused-ring (bicyclic) bond motifs is 6. The number of carboxylic acids is 1. The number of allylic oxidation sites excluding steroid dienone is 6. The zero-order valence-electron chi connectivity index (χ0n) is 37.9. The van der Waals surface area contributed by atoms with Gasteiger partial charge in [0, 0.05) is 125 Å². The quantitative estimate of drug-likeness (QED) is 0.100.